The first kappa shape index (κ1) is 23.0. The Labute approximate surface area is 196 Å². The lowest BCUT2D eigenvalue weighted by Gasteiger charge is -2.12. The molecule has 4 rings (SSSR count). The van der Waals surface area contributed by atoms with Crippen molar-refractivity contribution < 1.29 is 28.2 Å². The quantitative estimate of drug-likeness (QED) is 0.356. The third-order valence-corrected chi connectivity index (χ3v) is 5.73. The van der Waals surface area contributed by atoms with Crippen LogP contribution in [0.15, 0.2) is 59.0 Å². The van der Waals surface area contributed by atoms with Crippen molar-refractivity contribution in [1.82, 2.24) is 5.32 Å². The molecule has 2 N–H and O–H groups in total. The first-order chi connectivity index (χ1) is 16.4. The molecule has 1 amide bonds. The molecule has 0 spiro atoms. The standard InChI is InChI=1S/C27H24FNO5/c1-4-5-16-13-23-20(14-19(16)17-8-11-22(33-3)21(12-17)27(31)32)24(26(30)29-2)25(34-23)15-6-9-18(28)10-7-15/h6-14H,4-5H2,1-3H3,(H,29,30)(H,31,32). The van der Waals surface area contributed by atoms with Gasteiger partial charge in [-0.2, -0.15) is 0 Å². The zero-order valence-electron chi connectivity index (χ0n) is 19.1. The van der Waals surface area contributed by atoms with E-state index in [-0.39, 0.29) is 23.0 Å². The second-order valence-corrected chi connectivity index (χ2v) is 7.87. The highest BCUT2D eigenvalue weighted by Crippen LogP contribution is 2.39. The van der Waals surface area contributed by atoms with Crippen LogP contribution in [0, 0.1) is 5.82 Å². The summed E-state index contributed by atoms with van der Waals surface area (Å²) in [6, 6.07) is 14.5. The van der Waals surface area contributed by atoms with Crippen molar-refractivity contribution in [2.24, 2.45) is 0 Å². The maximum absolute atomic E-state index is 13.5. The topological polar surface area (TPSA) is 88.8 Å². The van der Waals surface area contributed by atoms with Gasteiger partial charge in [0, 0.05) is 18.0 Å². The average molecular weight is 461 g/mol. The molecule has 174 valence electrons. The summed E-state index contributed by atoms with van der Waals surface area (Å²) >= 11 is 0. The molecule has 0 fully saturated rings. The Kier molecular flexibility index (Phi) is 6.36. The fourth-order valence-electron chi connectivity index (χ4n) is 4.13. The molecule has 0 bridgehead atoms. The zero-order valence-corrected chi connectivity index (χ0v) is 19.1. The van der Waals surface area contributed by atoms with Crippen LogP contribution in [0.5, 0.6) is 5.75 Å². The lowest BCUT2D eigenvalue weighted by Crippen LogP contribution is -2.18. The summed E-state index contributed by atoms with van der Waals surface area (Å²) in [6.45, 7) is 2.05. The predicted octanol–water partition coefficient (Wildman–Crippen LogP) is 5.92. The number of amides is 1. The minimum atomic E-state index is -1.09. The number of fused-ring (bicyclic) bond motifs is 1. The van der Waals surface area contributed by atoms with E-state index in [1.807, 2.05) is 19.1 Å². The molecular weight excluding hydrogens is 437 g/mol. The number of furan rings is 1. The Morgan fingerprint density at radius 2 is 1.76 bits per heavy atom. The van der Waals surface area contributed by atoms with Gasteiger partial charge >= 0.3 is 5.97 Å². The molecule has 0 unspecified atom stereocenters. The van der Waals surface area contributed by atoms with Gasteiger partial charge in [0.15, 0.2) is 0 Å². The van der Waals surface area contributed by atoms with Crippen LogP contribution in [0.4, 0.5) is 4.39 Å². The fraction of sp³-hybridized carbons (Fsp3) is 0.185. The number of aryl methyl sites for hydroxylation is 1. The van der Waals surface area contributed by atoms with Crippen LogP contribution in [-0.4, -0.2) is 31.1 Å². The van der Waals surface area contributed by atoms with Crippen LogP contribution < -0.4 is 10.1 Å². The number of ether oxygens (including phenoxy) is 1. The van der Waals surface area contributed by atoms with E-state index in [1.165, 1.54) is 26.3 Å². The van der Waals surface area contributed by atoms with Crippen LogP contribution in [0.3, 0.4) is 0 Å². The number of carboxylic acids is 1. The molecule has 0 aliphatic carbocycles. The van der Waals surface area contributed by atoms with E-state index >= 15 is 0 Å². The fourth-order valence-corrected chi connectivity index (χ4v) is 4.13. The van der Waals surface area contributed by atoms with Crippen molar-refractivity contribution >= 4 is 22.8 Å². The first-order valence-electron chi connectivity index (χ1n) is 10.9. The number of hydrogen-bond donors (Lipinski definition) is 2. The Balaban J connectivity index is 2.01. The number of carboxylic acid groups (broad SMARTS) is 1. The summed E-state index contributed by atoms with van der Waals surface area (Å²) in [5.41, 5.74) is 3.93. The van der Waals surface area contributed by atoms with Crippen molar-refractivity contribution in [2.75, 3.05) is 14.2 Å². The van der Waals surface area contributed by atoms with E-state index in [0.717, 1.165) is 24.0 Å². The first-order valence-corrected chi connectivity index (χ1v) is 10.9. The van der Waals surface area contributed by atoms with Crippen molar-refractivity contribution in [3.63, 3.8) is 0 Å². The number of aromatic carboxylic acids is 1. The van der Waals surface area contributed by atoms with Gasteiger partial charge in [-0.3, -0.25) is 4.79 Å². The van der Waals surface area contributed by atoms with Crippen molar-refractivity contribution in [1.29, 1.82) is 0 Å². The van der Waals surface area contributed by atoms with Gasteiger partial charge < -0.3 is 19.6 Å². The number of carbonyl (C=O) groups excluding carboxylic acids is 1. The smallest absolute Gasteiger partial charge is 0.339 e. The molecular formula is C27H24FNO5. The van der Waals surface area contributed by atoms with E-state index < -0.39 is 5.97 Å². The van der Waals surface area contributed by atoms with Crippen LogP contribution in [0.1, 0.15) is 39.6 Å². The molecule has 0 radical (unpaired) electrons. The Morgan fingerprint density at radius 3 is 2.38 bits per heavy atom. The molecule has 0 atom stereocenters. The lowest BCUT2D eigenvalue weighted by molar-refractivity contribution is 0.0693. The van der Waals surface area contributed by atoms with Gasteiger partial charge in [-0.1, -0.05) is 19.4 Å². The van der Waals surface area contributed by atoms with Gasteiger partial charge in [0.25, 0.3) is 5.91 Å². The normalized spacial score (nSPS) is 10.9. The minimum absolute atomic E-state index is 0.0493. The highest BCUT2D eigenvalue weighted by molar-refractivity contribution is 6.12. The monoisotopic (exact) mass is 461 g/mol. The third kappa shape index (κ3) is 4.12. The Bertz CT molecular complexity index is 1390. The largest absolute Gasteiger partial charge is 0.496 e. The summed E-state index contributed by atoms with van der Waals surface area (Å²) in [4.78, 5) is 24.7. The maximum Gasteiger partial charge on any atom is 0.339 e. The zero-order chi connectivity index (χ0) is 24.4. The summed E-state index contributed by atoms with van der Waals surface area (Å²) in [5.74, 6) is -1.21. The molecule has 4 aromatic rings. The molecule has 3 aromatic carbocycles. The number of halogens is 1. The number of benzene rings is 3. The molecule has 6 nitrogen and oxygen atoms in total. The summed E-state index contributed by atoms with van der Waals surface area (Å²) in [7, 11) is 2.96. The Hall–Kier alpha value is -4.13. The SMILES string of the molecule is CCCc1cc2oc(-c3ccc(F)cc3)c(C(=O)NC)c2cc1-c1ccc(OC)c(C(=O)O)c1. The molecule has 0 aliphatic heterocycles. The number of rotatable bonds is 7. The summed E-state index contributed by atoms with van der Waals surface area (Å²) in [6.07, 6.45) is 1.58. The van der Waals surface area contributed by atoms with Crippen LogP contribution in [0.25, 0.3) is 33.4 Å². The van der Waals surface area contributed by atoms with Crippen molar-refractivity contribution in [2.45, 2.75) is 19.8 Å². The minimum Gasteiger partial charge on any atom is -0.496 e. The molecule has 7 heteroatoms. The molecule has 0 saturated carbocycles. The number of methoxy groups -OCH3 is 1. The van der Waals surface area contributed by atoms with Crippen molar-refractivity contribution in [3.05, 3.63) is 77.1 Å². The van der Waals surface area contributed by atoms with Crippen molar-refractivity contribution in [3.8, 4) is 28.2 Å². The number of hydrogen-bond acceptors (Lipinski definition) is 4. The van der Waals surface area contributed by atoms with Crippen LogP contribution >= 0.6 is 0 Å². The molecule has 1 heterocycles. The lowest BCUT2D eigenvalue weighted by atomic mass is 9.92. The van der Waals surface area contributed by atoms with E-state index in [0.29, 0.717) is 33.4 Å². The summed E-state index contributed by atoms with van der Waals surface area (Å²) < 4.78 is 24.8. The average Bonchev–Trinajstić information content (AvgIpc) is 3.21. The summed E-state index contributed by atoms with van der Waals surface area (Å²) in [5, 5.41) is 12.9. The molecule has 1 aromatic heterocycles. The molecule has 0 aliphatic rings. The highest BCUT2D eigenvalue weighted by atomic mass is 19.1. The van der Waals surface area contributed by atoms with Gasteiger partial charge in [0.05, 0.1) is 12.7 Å². The van der Waals surface area contributed by atoms with Crippen LogP contribution in [-0.2, 0) is 6.42 Å². The van der Waals surface area contributed by atoms with Gasteiger partial charge in [-0.05, 0) is 71.6 Å². The van der Waals surface area contributed by atoms with Gasteiger partial charge in [0.2, 0.25) is 0 Å². The maximum atomic E-state index is 13.5. The number of nitrogens with one attached hydrogen (secondary N) is 1. The van der Waals surface area contributed by atoms with Gasteiger partial charge in [-0.25, -0.2) is 9.18 Å². The Morgan fingerprint density at radius 1 is 1.06 bits per heavy atom. The predicted molar refractivity (Wildman–Crippen MR) is 128 cm³/mol. The van der Waals surface area contributed by atoms with E-state index in [1.54, 1.807) is 30.3 Å². The molecule has 34 heavy (non-hydrogen) atoms. The van der Waals surface area contributed by atoms with E-state index in [2.05, 4.69) is 5.32 Å². The van der Waals surface area contributed by atoms with Gasteiger partial charge in [0.1, 0.15) is 28.5 Å². The number of carbonyl (C=O) groups is 2. The van der Waals surface area contributed by atoms with E-state index in [4.69, 9.17) is 9.15 Å². The van der Waals surface area contributed by atoms with E-state index in [9.17, 15) is 19.1 Å². The highest BCUT2D eigenvalue weighted by Gasteiger charge is 2.24. The third-order valence-electron chi connectivity index (χ3n) is 5.73. The second kappa shape index (κ2) is 9.39. The second-order valence-electron chi connectivity index (χ2n) is 7.87. The van der Waals surface area contributed by atoms with Gasteiger partial charge in [-0.15, -0.1) is 0 Å². The molecule has 0 saturated heterocycles. The van der Waals surface area contributed by atoms with Crippen LogP contribution in [0.2, 0.25) is 0 Å².